The van der Waals surface area contributed by atoms with Gasteiger partial charge in [0, 0.05) is 42.9 Å². The molecule has 0 amide bonds. The van der Waals surface area contributed by atoms with E-state index in [4.69, 9.17) is 56.9 Å². The third-order valence-corrected chi connectivity index (χ3v) is 7.60. The van der Waals surface area contributed by atoms with E-state index < -0.39 is 23.4 Å². The molecule has 0 aliphatic carbocycles. The summed E-state index contributed by atoms with van der Waals surface area (Å²) in [5.41, 5.74) is 10.1. The Morgan fingerprint density at radius 3 is 0.667 bits per heavy atom. The van der Waals surface area contributed by atoms with E-state index in [9.17, 15) is 75.5 Å². The molecule has 9 heterocycles. The van der Waals surface area contributed by atoms with Gasteiger partial charge in [-0.2, -0.15) is 0 Å². The summed E-state index contributed by atoms with van der Waals surface area (Å²) in [4.78, 5) is 34.8. The summed E-state index contributed by atoms with van der Waals surface area (Å²) >= 11 is 19.1. The van der Waals surface area contributed by atoms with Gasteiger partial charge >= 0.3 is 133 Å². The molecule has 9 aromatic heterocycles. The third kappa shape index (κ3) is 47.8. The van der Waals surface area contributed by atoms with Crippen LogP contribution in [0.5, 0.6) is 0 Å². The van der Waals surface area contributed by atoms with Gasteiger partial charge in [0.25, 0.3) is 0 Å². The van der Waals surface area contributed by atoms with Crippen LogP contribution in [0.4, 0.5) is 75.5 Å². The Balaban J connectivity index is 0. The molecule has 0 radical (unpaired) electrons. The summed E-state index contributed by atoms with van der Waals surface area (Å²) in [6, 6.07) is 48.3. The van der Waals surface area contributed by atoms with Crippen molar-refractivity contribution in [3.05, 3.63) is 189 Å². The molecular formula is C45H35Cl4Co2F18N10O2P3. The van der Waals surface area contributed by atoms with Gasteiger partial charge in [-0.05, 0) is 103 Å². The van der Waals surface area contributed by atoms with E-state index in [0.29, 0.717) is 0 Å². The first-order valence-electron chi connectivity index (χ1n) is 21.0. The molecule has 84 heavy (non-hydrogen) atoms. The predicted molar refractivity (Wildman–Crippen MR) is 279 cm³/mol. The second kappa shape index (κ2) is 32.3. The Morgan fingerprint density at radius 2 is 0.476 bits per heavy atom. The maximum Gasteiger partial charge on any atom is 3.00 e. The Hall–Kier alpha value is -5.47. The normalized spacial score (nSPS) is 12.8. The molecule has 0 unspecified atom stereocenters. The first kappa shape index (κ1) is 80.6. The number of alkyl halides is 4. The van der Waals surface area contributed by atoms with Crippen LogP contribution in [0.1, 0.15) is 0 Å². The van der Waals surface area contributed by atoms with Gasteiger partial charge in [-0.1, -0.05) is 54.2 Å². The average molecular weight is 1440 g/mol. The van der Waals surface area contributed by atoms with Crippen LogP contribution >= 0.6 is 69.8 Å². The SMILES string of the molecule is ClCCl.ClCCl.F[P-](F)(F)(F)(F)F.F[P-](F)(F)(F)(F)F.F[P-](F)(F)(F)(F)F.[Co+3].[Co+3].[O-][O-].c1ccc(-c2cc(-c3ccccn3)[n-]n2)nc1.c1ccc(-c2cccc(-c3ccccn3)n2)nc1.c1ccc(-c2cccc(-c3ccccn3)n2)nc1. The molecule has 0 saturated carbocycles. The Kier molecular flexibility index (Phi) is 31.0. The van der Waals surface area contributed by atoms with E-state index in [-0.39, 0.29) is 44.2 Å². The molecule has 464 valence electrons. The van der Waals surface area contributed by atoms with Crippen LogP contribution in [-0.4, -0.2) is 55.6 Å². The summed E-state index contributed by atoms with van der Waals surface area (Å²) in [7, 11) is -32.0. The van der Waals surface area contributed by atoms with Crippen molar-refractivity contribution in [1.82, 2.24) is 50.1 Å². The predicted octanol–water partition coefficient (Wildman–Crippen LogP) is 19.2. The van der Waals surface area contributed by atoms with Crippen molar-refractivity contribution in [3.8, 4) is 68.3 Å². The van der Waals surface area contributed by atoms with Crippen LogP contribution in [-0.2, 0) is 33.6 Å². The minimum Gasteiger partial charge on any atom is -1.00 e. The summed E-state index contributed by atoms with van der Waals surface area (Å²) in [6.45, 7) is 0. The van der Waals surface area contributed by atoms with Crippen LogP contribution in [0, 0.1) is 0 Å². The van der Waals surface area contributed by atoms with Crippen molar-refractivity contribution in [3.63, 3.8) is 0 Å². The smallest absolute Gasteiger partial charge is 1.00 e. The summed E-state index contributed by atoms with van der Waals surface area (Å²) in [5, 5.41) is 22.6. The van der Waals surface area contributed by atoms with E-state index in [1.807, 2.05) is 152 Å². The molecule has 0 aliphatic rings. The molecule has 9 rings (SSSR count). The molecule has 0 atom stereocenters. The fourth-order valence-corrected chi connectivity index (χ4v) is 5.07. The molecule has 0 bridgehead atoms. The summed E-state index contributed by atoms with van der Waals surface area (Å²) < 4.78 is 178. The molecule has 12 nitrogen and oxygen atoms in total. The molecule has 0 fully saturated rings. The Labute approximate surface area is 504 Å². The molecular weight excluding hydrogens is 1410 g/mol. The maximum absolute atomic E-state index is 10.7. The number of rotatable bonds is 6. The van der Waals surface area contributed by atoms with Crippen LogP contribution < -0.4 is 15.6 Å². The molecule has 39 heteroatoms. The molecule has 0 aromatic carbocycles. The van der Waals surface area contributed by atoms with E-state index in [1.54, 1.807) is 37.2 Å². The van der Waals surface area contributed by atoms with Crippen LogP contribution in [0.25, 0.3) is 68.3 Å². The van der Waals surface area contributed by atoms with E-state index in [2.05, 4.69) is 50.1 Å². The first-order valence-corrected chi connectivity index (χ1v) is 29.2. The van der Waals surface area contributed by atoms with Crippen molar-refractivity contribution in [1.29, 1.82) is 0 Å². The number of nitrogens with zero attached hydrogens (tertiary/aromatic N) is 10. The number of hydrogen-bond donors (Lipinski definition) is 0. The molecule has 0 spiro atoms. The quantitative estimate of drug-likeness (QED) is 0.0507. The zero-order valence-corrected chi connectivity index (χ0v) is 48.7. The number of aromatic nitrogens is 10. The van der Waals surface area contributed by atoms with Crippen molar-refractivity contribution in [2.75, 3.05) is 10.7 Å². The monoisotopic (exact) mass is 1440 g/mol. The zero-order chi connectivity index (χ0) is 62.6. The van der Waals surface area contributed by atoms with Gasteiger partial charge in [0.1, 0.15) is 0 Å². The van der Waals surface area contributed by atoms with Crippen LogP contribution in [0.15, 0.2) is 189 Å². The second-order valence-electron chi connectivity index (χ2n) is 14.3. The number of halogens is 22. The van der Waals surface area contributed by atoms with Crippen molar-refractivity contribution in [2.24, 2.45) is 0 Å². The van der Waals surface area contributed by atoms with E-state index >= 15 is 0 Å². The third-order valence-electron chi connectivity index (χ3n) is 7.60. The summed E-state index contributed by atoms with van der Waals surface area (Å²) in [6.07, 6.45) is 10.6. The minimum atomic E-state index is -10.7. The second-order valence-corrected chi connectivity index (χ2v) is 21.7. The average Bonchev–Trinajstić information content (AvgIpc) is 4.09. The van der Waals surface area contributed by atoms with Gasteiger partial charge in [-0.25, -0.2) is 9.97 Å². The van der Waals surface area contributed by atoms with Gasteiger partial charge in [0.15, 0.2) is 0 Å². The van der Waals surface area contributed by atoms with Gasteiger partial charge in [-0.15, -0.1) is 46.4 Å². The largest absolute Gasteiger partial charge is 3.00 e. The van der Waals surface area contributed by atoms with Gasteiger partial charge in [0.05, 0.1) is 67.6 Å². The van der Waals surface area contributed by atoms with E-state index in [1.165, 1.54) is 0 Å². The van der Waals surface area contributed by atoms with Crippen LogP contribution in [0.3, 0.4) is 0 Å². The molecule has 9 aromatic rings. The minimum absolute atomic E-state index is 0. The zero-order valence-electron chi connectivity index (χ0n) is 40.9. The van der Waals surface area contributed by atoms with Gasteiger partial charge < -0.3 is 20.7 Å². The van der Waals surface area contributed by atoms with Crippen molar-refractivity contribution < 1.29 is 120 Å². The topological polar surface area (TPSA) is 176 Å². The fraction of sp³-hybridized carbons (Fsp3) is 0.0444. The first-order chi connectivity index (χ1) is 37.5. The fourth-order valence-electron chi connectivity index (χ4n) is 5.07. The maximum atomic E-state index is 9.87. The number of pyridine rings is 8. The van der Waals surface area contributed by atoms with Crippen molar-refractivity contribution in [2.45, 2.75) is 0 Å². The molecule has 0 N–H and O–H groups in total. The Bertz CT molecular complexity index is 2880. The van der Waals surface area contributed by atoms with Gasteiger partial charge in [0.2, 0.25) is 0 Å². The molecule has 0 aliphatic heterocycles. The standard InChI is InChI=1S/2C15H11N3.C13H9N4.2CH2Cl2.2Co.3F6P.O2/c2*1-3-10-16-12(6-1)14-8-5-9-15(18-14)13-7-2-4-11-17-13;1-3-7-14-10(5-1)12-9-13(17-16-12)11-6-2-4-8-15-11;2*2-1-3;;;3*1-7(2,3,4,5)6;1-2/h2*1-11H;1-9H;2*1H2;;;;;;/q;;-1;;;2*+3;3*-1;-2. The van der Waals surface area contributed by atoms with Crippen LogP contribution in [0.2, 0.25) is 0 Å². The Morgan fingerprint density at radius 1 is 0.298 bits per heavy atom. The summed E-state index contributed by atoms with van der Waals surface area (Å²) in [5.74, 6) is 0. The number of hydrogen-bond acceptors (Lipinski definition) is 11. The van der Waals surface area contributed by atoms with E-state index in [0.717, 1.165) is 68.3 Å². The van der Waals surface area contributed by atoms with Crippen molar-refractivity contribution >= 4 is 69.8 Å². The molecule has 0 saturated heterocycles. The van der Waals surface area contributed by atoms with Gasteiger partial charge in [-0.3, -0.25) is 29.9 Å².